The number of nitrogens with zero attached hydrogens (tertiary/aromatic N) is 1. The minimum atomic E-state index is 0. The van der Waals surface area contributed by atoms with Gasteiger partial charge in [-0.15, -0.1) is 12.4 Å². The number of hydrogen-bond acceptors (Lipinski definition) is 2. The van der Waals surface area contributed by atoms with Crippen molar-refractivity contribution >= 4 is 23.2 Å². The average Bonchev–Trinajstić information content (AvgIpc) is 3.07. The zero-order valence-corrected chi connectivity index (χ0v) is 16.1. The summed E-state index contributed by atoms with van der Waals surface area (Å²) in [7, 11) is 0. The van der Waals surface area contributed by atoms with Gasteiger partial charge < -0.3 is 5.32 Å². The van der Waals surface area contributed by atoms with Crippen molar-refractivity contribution in [1.29, 1.82) is 0 Å². The van der Waals surface area contributed by atoms with Crippen molar-refractivity contribution in [2.24, 2.45) is 5.92 Å². The van der Waals surface area contributed by atoms with Crippen molar-refractivity contribution in [3.05, 3.63) is 77.6 Å². The van der Waals surface area contributed by atoms with Gasteiger partial charge >= 0.3 is 0 Å². The average molecular weight is 367 g/mol. The summed E-state index contributed by atoms with van der Waals surface area (Å²) in [5.74, 6) is 0.829. The second kappa shape index (κ2) is 8.66. The fourth-order valence-corrected chi connectivity index (χ4v) is 3.98. The molecule has 0 saturated heterocycles. The highest BCUT2D eigenvalue weighted by Crippen LogP contribution is 2.29. The molecule has 26 heavy (non-hydrogen) atoms. The lowest BCUT2D eigenvalue weighted by molar-refractivity contribution is 0.424. The molecule has 1 atom stereocenters. The molecular weight excluding hydrogens is 340 g/mol. The van der Waals surface area contributed by atoms with Crippen LogP contribution in [0.25, 0.3) is 10.8 Å². The van der Waals surface area contributed by atoms with Gasteiger partial charge in [0.1, 0.15) is 0 Å². The number of hydrogen-bond donors (Lipinski definition) is 1. The molecule has 0 saturated carbocycles. The molecule has 2 aromatic carbocycles. The number of pyridine rings is 1. The van der Waals surface area contributed by atoms with Crippen LogP contribution >= 0.6 is 12.4 Å². The summed E-state index contributed by atoms with van der Waals surface area (Å²) in [4.78, 5) is 4.18. The molecule has 0 spiro atoms. The molecular formula is C23H27ClN2. The van der Waals surface area contributed by atoms with Crippen molar-refractivity contribution in [2.75, 3.05) is 0 Å². The molecule has 1 aliphatic carbocycles. The molecule has 3 aromatic rings. The second-order valence-electron chi connectivity index (χ2n) is 7.46. The standard InChI is InChI=1S/C23H26N2.ClH/c1-17(6-7-18-12-20-4-2-3-5-21(20)13-18)25-15-19-8-9-23-16-24-11-10-22(23)14-19;/h2-5,8-11,14,16-18,25H,6-7,12-13,15H2,1H3;1H/t17-;/m1./s1. The van der Waals surface area contributed by atoms with E-state index in [4.69, 9.17) is 0 Å². The van der Waals surface area contributed by atoms with E-state index in [1.807, 2.05) is 12.4 Å². The van der Waals surface area contributed by atoms with Crippen LogP contribution < -0.4 is 5.32 Å². The van der Waals surface area contributed by atoms with Crippen LogP contribution in [0.5, 0.6) is 0 Å². The number of halogens is 1. The summed E-state index contributed by atoms with van der Waals surface area (Å²) in [5, 5.41) is 6.17. The van der Waals surface area contributed by atoms with Crippen LogP contribution in [0.3, 0.4) is 0 Å². The minimum Gasteiger partial charge on any atom is -0.310 e. The second-order valence-corrected chi connectivity index (χ2v) is 7.46. The molecule has 1 heterocycles. The molecule has 0 aliphatic heterocycles. The first-order chi connectivity index (χ1) is 12.3. The van der Waals surface area contributed by atoms with Crippen molar-refractivity contribution < 1.29 is 0 Å². The van der Waals surface area contributed by atoms with Gasteiger partial charge in [0.05, 0.1) is 0 Å². The largest absolute Gasteiger partial charge is 0.310 e. The summed E-state index contributed by atoms with van der Waals surface area (Å²) in [6.45, 7) is 3.25. The van der Waals surface area contributed by atoms with E-state index in [0.29, 0.717) is 6.04 Å². The van der Waals surface area contributed by atoms with E-state index < -0.39 is 0 Å². The van der Waals surface area contributed by atoms with Gasteiger partial charge in [-0.1, -0.05) is 36.4 Å². The SMILES string of the molecule is C[C@H](CCC1Cc2ccccc2C1)NCc1ccc2cnccc2c1.Cl. The smallest absolute Gasteiger partial charge is 0.0346 e. The van der Waals surface area contributed by atoms with E-state index in [1.54, 1.807) is 11.1 Å². The molecule has 2 nitrogen and oxygen atoms in total. The van der Waals surface area contributed by atoms with Crippen LogP contribution in [0.2, 0.25) is 0 Å². The van der Waals surface area contributed by atoms with Gasteiger partial charge in [0.25, 0.3) is 0 Å². The van der Waals surface area contributed by atoms with Crippen LogP contribution in [0.1, 0.15) is 36.5 Å². The summed E-state index contributed by atoms with van der Waals surface area (Å²) in [5.41, 5.74) is 4.48. The molecule has 0 unspecified atom stereocenters. The van der Waals surface area contributed by atoms with Crippen LogP contribution in [-0.2, 0) is 19.4 Å². The van der Waals surface area contributed by atoms with E-state index in [2.05, 4.69) is 65.8 Å². The fourth-order valence-electron chi connectivity index (χ4n) is 3.98. The number of nitrogens with one attached hydrogen (secondary N) is 1. The van der Waals surface area contributed by atoms with E-state index in [9.17, 15) is 0 Å². The topological polar surface area (TPSA) is 24.9 Å². The Bertz CT molecular complexity index is 836. The zero-order valence-electron chi connectivity index (χ0n) is 15.3. The van der Waals surface area contributed by atoms with Crippen LogP contribution in [-0.4, -0.2) is 11.0 Å². The highest BCUT2D eigenvalue weighted by Gasteiger charge is 2.21. The first kappa shape index (κ1) is 18.9. The van der Waals surface area contributed by atoms with E-state index in [1.165, 1.54) is 42.0 Å². The molecule has 1 aliphatic rings. The molecule has 1 aromatic heterocycles. The molecule has 0 fully saturated rings. The molecule has 0 bridgehead atoms. The maximum atomic E-state index is 4.18. The van der Waals surface area contributed by atoms with E-state index >= 15 is 0 Å². The summed E-state index contributed by atoms with van der Waals surface area (Å²) < 4.78 is 0. The van der Waals surface area contributed by atoms with Crippen LogP contribution in [0.4, 0.5) is 0 Å². The Morgan fingerprint density at radius 3 is 2.58 bits per heavy atom. The number of rotatable bonds is 6. The third-order valence-electron chi connectivity index (χ3n) is 5.50. The van der Waals surface area contributed by atoms with Gasteiger partial charge in [-0.05, 0) is 72.7 Å². The van der Waals surface area contributed by atoms with Gasteiger partial charge in [0, 0.05) is 30.4 Å². The predicted molar refractivity (Wildman–Crippen MR) is 112 cm³/mol. The Morgan fingerprint density at radius 2 is 1.81 bits per heavy atom. The summed E-state index contributed by atoms with van der Waals surface area (Å²) in [6.07, 6.45) is 8.88. The highest BCUT2D eigenvalue weighted by atomic mass is 35.5. The third kappa shape index (κ3) is 4.44. The fraction of sp³-hybridized carbons (Fsp3) is 0.348. The Balaban J connectivity index is 0.00000196. The number of aromatic nitrogens is 1. The number of fused-ring (bicyclic) bond motifs is 2. The van der Waals surface area contributed by atoms with Gasteiger partial charge in [-0.2, -0.15) is 0 Å². The quantitative estimate of drug-likeness (QED) is 0.637. The summed E-state index contributed by atoms with van der Waals surface area (Å²) in [6, 6.07) is 18.2. The number of benzene rings is 2. The Labute approximate surface area is 162 Å². The summed E-state index contributed by atoms with van der Waals surface area (Å²) >= 11 is 0. The zero-order chi connectivity index (χ0) is 17.1. The Morgan fingerprint density at radius 1 is 1.04 bits per heavy atom. The van der Waals surface area contributed by atoms with Crippen LogP contribution in [0.15, 0.2) is 60.9 Å². The molecule has 0 radical (unpaired) electrons. The normalized spacial score (nSPS) is 14.8. The maximum absolute atomic E-state index is 4.18. The van der Waals surface area contributed by atoms with Gasteiger partial charge in [0.15, 0.2) is 0 Å². The lowest BCUT2D eigenvalue weighted by atomic mass is 9.97. The lowest BCUT2D eigenvalue weighted by Crippen LogP contribution is -2.26. The highest BCUT2D eigenvalue weighted by molar-refractivity contribution is 5.85. The van der Waals surface area contributed by atoms with Gasteiger partial charge in [-0.3, -0.25) is 4.98 Å². The molecule has 1 N–H and O–H groups in total. The van der Waals surface area contributed by atoms with Crippen molar-refractivity contribution in [2.45, 2.75) is 45.2 Å². The molecule has 3 heteroatoms. The van der Waals surface area contributed by atoms with Crippen molar-refractivity contribution in [3.8, 4) is 0 Å². The Hall–Kier alpha value is -1.90. The predicted octanol–water partition coefficient (Wildman–Crippen LogP) is 5.33. The molecule has 0 amide bonds. The monoisotopic (exact) mass is 366 g/mol. The van der Waals surface area contributed by atoms with Gasteiger partial charge in [-0.25, -0.2) is 0 Å². The minimum absolute atomic E-state index is 0. The van der Waals surface area contributed by atoms with Crippen molar-refractivity contribution in [1.82, 2.24) is 10.3 Å². The third-order valence-corrected chi connectivity index (χ3v) is 5.50. The first-order valence-corrected chi connectivity index (χ1v) is 9.41. The lowest BCUT2D eigenvalue weighted by Gasteiger charge is -2.16. The van der Waals surface area contributed by atoms with Gasteiger partial charge in [0.2, 0.25) is 0 Å². The van der Waals surface area contributed by atoms with Crippen molar-refractivity contribution in [3.63, 3.8) is 0 Å². The Kier molecular flexibility index (Phi) is 6.29. The van der Waals surface area contributed by atoms with E-state index in [-0.39, 0.29) is 12.4 Å². The first-order valence-electron chi connectivity index (χ1n) is 9.41. The van der Waals surface area contributed by atoms with E-state index in [0.717, 1.165) is 12.5 Å². The molecule has 136 valence electrons. The maximum Gasteiger partial charge on any atom is 0.0346 e. The van der Waals surface area contributed by atoms with Crippen LogP contribution in [0, 0.1) is 5.92 Å². The molecule has 4 rings (SSSR count).